The monoisotopic (exact) mass is 691 g/mol. The molecule has 0 bridgehead atoms. The molecule has 0 amide bonds. The molecule has 0 spiro atoms. The molecular formula is C34H30ClN3O9S. The minimum Gasteiger partial charge on any atom is -0.496 e. The number of aromatic nitrogens is 2. The molecule has 2 aromatic heterocycles. The lowest BCUT2D eigenvalue weighted by molar-refractivity contribution is 0.309. The van der Waals surface area contributed by atoms with Crippen LogP contribution >= 0.6 is 23.4 Å². The van der Waals surface area contributed by atoms with E-state index in [0.717, 1.165) is 0 Å². The molecule has 0 saturated heterocycles. The lowest BCUT2D eigenvalue weighted by Crippen LogP contribution is -2.15. The van der Waals surface area contributed by atoms with E-state index >= 15 is 0 Å². The average Bonchev–Trinajstić information content (AvgIpc) is 3.10. The zero-order valence-electron chi connectivity index (χ0n) is 26.6. The van der Waals surface area contributed by atoms with E-state index in [-0.39, 0.29) is 46.1 Å². The fourth-order valence-corrected chi connectivity index (χ4v) is 5.80. The standard InChI is InChI=1S/C34H30ClN3O9S/c1-41-21-15-23(42-2)27-24(16-21)47-30(19-13-25(43-3)31(45-5)26(14-19)44-4)32(29(27)39)46-11-6-12-48-34-37-28(22(17-36)33(40)38-34)18-7-9-20(35)10-8-18/h7-10,13-16H,6,11-12H2,1-5H3,(H,37,38,40). The highest BCUT2D eigenvalue weighted by Gasteiger charge is 2.24. The number of nitrogens with one attached hydrogen (secondary N) is 1. The highest BCUT2D eigenvalue weighted by Crippen LogP contribution is 2.44. The summed E-state index contributed by atoms with van der Waals surface area (Å²) in [4.78, 5) is 33.9. The smallest absolute Gasteiger partial charge is 0.270 e. The molecule has 48 heavy (non-hydrogen) atoms. The van der Waals surface area contributed by atoms with Crippen LogP contribution in [0.15, 0.2) is 67.7 Å². The third kappa shape index (κ3) is 6.85. The number of thioether (sulfide) groups is 1. The topological polar surface area (TPSA) is 155 Å². The lowest BCUT2D eigenvalue weighted by Gasteiger charge is -2.17. The molecule has 5 aromatic rings. The molecule has 14 heteroatoms. The predicted octanol–water partition coefficient (Wildman–Crippen LogP) is 6.34. The first-order valence-corrected chi connectivity index (χ1v) is 15.7. The van der Waals surface area contributed by atoms with E-state index in [4.69, 9.17) is 44.4 Å². The minimum absolute atomic E-state index is 0.0554. The van der Waals surface area contributed by atoms with E-state index in [9.17, 15) is 14.9 Å². The molecule has 0 radical (unpaired) electrons. The van der Waals surface area contributed by atoms with Gasteiger partial charge in [-0.3, -0.25) is 9.59 Å². The number of rotatable bonds is 13. The summed E-state index contributed by atoms with van der Waals surface area (Å²) in [6.07, 6.45) is 0.441. The van der Waals surface area contributed by atoms with Gasteiger partial charge in [0.05, 0.1) is 47.8 Å². The number of nitrogens with zero attached hydrogens (tertiary/aromatic N) is 2. The van der Waals surface area contributed by atoms with Crippen molar-refractivity contribution in [1.82, 2.24) is 9.97 Å². The fourth-order valence-electron chi connectivity index (χ4n) is 4.90. The molecule has 2 heterocycles. The van der Waals surface area contributed by atoms with E-state index in [1.807, 2.05) is 6.07 Å². The highest BCUT2D eigenvalue weighted by molar-refractivity contribution is 7.99. The number of hydrogen-bond donors (Lipinski definition) is 1. The van der Waals surface area contributed by atoms with Gasteiger partial charge in [0.1, 0.15) is 34.1 Å². The Kier molecular flexibility index (Phi) is 10.7. The van der Waals surface area contributed by atoms with Gasteiger partial charge in [-0.25, -0.2) is 4.98 Å². The maximum absolute atomic E-state index is 14.0. The van der Waals surface area contributed by atoms with Crippen molar-refractivity contribution in [2.45, 2.75) is 11.6 Å². The second-order valence-electron chi connectivity index (χ2n) is 9.97. The first-order valence-electron chi connectivity index (χ1n) is 14.4. The highest BCUT2D eigenvalue weighted by atomic mass is 35.5. The van der Waals surface area contributed by atoms with Crippen LogP contribution < -0.4 is 39.4 Å². The van der Waals surface area contributed by atoms with Gasteiger partial charge < -0.3 is 37.8 Å². The number of ether oxygens (including phenoxy) is 6. The molecule has 0 aliphatic heterocycles. The van der Waals surface area contributed by atoms with Gasteiger partial charge in [0.2, 0.25) is 16.9 Å². The molecule has 5 rings (SSSR count). The van der Waals surface area contributed by atoms with Crippen molar-refractivity contribution >= 4 is 34.3 Å². The maximum Gasteiger partial charge on any atom is 0.270 e. The van der Waals surface area contributed by atoms with E-state index in [1.165, 1.54) is 47.3 Å². The molecule has 248 valence electrons. The summed E-state index contributed by atoms with van der Waals surface area (Å²) in [5.41, 5.74) is 0.386. The number of fused-ring (bicyclic) bond motifs is 1. The summed E-state index contributed by atoms with van der Waals surface area (Å²) in [6.45, 7) is 0.101. The summed E-state index contributed by atoms with van der Waals surface area (Å²) < 4.78 is 39.8. The zero-order chi connectivity index (χ0) is 34.4. The average molecular weight is 692 g/mol. The van der Waals surface area contributed by atoms with Gasteiger partial charge >= 0.3 is 0 Å². The van der Waals surface area contributed by atoms with E-state index in [1.54, 1.807) is 48.5 Å². The summed E-state index contributed by atoms with van der Waals surface area (Å²) in [5.74, 6) is 2.27. The van der Waals surface area contributed by atoms with Crippen molar-refractivity contribution in [3.63, 3.8) is 0 Å². The van der Waals surface area contributed by atoms with Crippen LogP contribution in [0, 0.1) is 11.3 Å². The Morgan fingerprint density at radius 2 is 1.56 bits per heavy atom. The number of nitriles is 1. The third-order valence-corrected chi connectivity index (χ3v) is 8.39. The van der Waals surface area contributed by atoms with Crippen LogP contribution in [-0.2, 0) is 0 Å². The van der Waals surface area contributed by atoms with E-state index < -0.39 is 11.0 Å². The van der Waals surface area contributed by atoms with Crippen molar-refractivity contribution < 1.29 is 32.8 Å². The first-order chi connectivity index (χ1) is 23.3. The van der Waals surface area contributed by atoms with Crippen molar-refractivity contribution in [3.05, 3.63) is 79.7 Å². The first kappa shape index (κ1) is 34.0. The van der Waals surface area contributed by atoms with Crippen LogP contribution in [0.25, 0.3) is 33.6 Å². The molecule has 0 saturated carbocycles. The Bertz CT molecular complexity index is 2100. The van der Waals surface area contributed by atoms with Crippen molar-refractivity contribution in [2.75, 3.05) is 47.9 Å². The summed E-state index contributed by atoms with van der Waals surface area (Å²) in [7, 11) is 7.39. The fraction of sp³-hybridized carbons (Fsp3) is 0.235. The summed E-state index contributed by atoms with van der Waals surface area (Å²) >= 11 is 7.27. The van der Waals surface area contributed by atoms with Crippen molar-refractivity contribution in [2.24, 2.45) is 0 Å². The van der Waals surface area contributed by atoms with Crippen LogP contribution in [0.5, 0.6) is 34.5 Å². The van der Waals surface area contributed by atoms with Gasteiger partial charge in [-0.2, -0.15) is 5.26 Å². The number of aromatic amines is 1. The Hall–Kier alpha value is -5.32. The quantitative estimate of drug-likeness (QED) is 0.0832. The maximum atomic E-state index is 14.0. The SMILES string of the molecule is COc1cc(OC)c2c(=O)c(OCCCSc3nc(-c4ccc(Cl)cc4)c(C#N)c(=O)[nH]3)c(-c3cc(OC)c(OC)c(OC)c3)oc2c1. The second kappa shape index (κ2) is 15.1. The molecule has 0 unspecified atom stereocenters. The Morgan fingerprint density at radius 1 is 0.875 bits per heavy atom. The number of benzene rings is 3. The number of halogens is 1. The van der Waals surface area contributed by atoms with Gasteiger partial charge in [-0.05, 0) is 30.7 Å². The molecule has 0 atom stereocenters. The van der Waals surface area contributed by atoms with Gasteiger partial charge in [0.15, 0.2) is 22.4 Å². The summed E-state index contributed by atoms with van der Waals surface area (Å²) in [6, 6.07) is 15.1. The molecular weight excluding hydrogens is 662 g/mol. The Labute approximate surface area is 284 Å². The largest absolute Gasteiger partial charge is 0.496 e. The lowest BCUT2D eigenvalue weighted by atomic mass is 10.1. The molecule has 1 N–H and O–H groups in total. The van der Waals surface area contributed by atoms with Crippen LogP contribution in [0.2, 0.25) is 5.02 Å². The Morgan fingerprint density at radius 3 is 2.17 bits per heavy atom. The van der Waals surface area contributed by atoms with Crippen molar-refractivity contribution in [3.8, 4) is 63.1 Å². The summed E-state index contributed by atoms with van der Waals surface area (Å²) in [5, 5.41) is 10.6. The van der Waals surface area contributed by atoms with Gasteiger partial charge in [-0.1, -0.05) is 35.5 Å². The number of hydrogen-bond acceptors (Lipinski definition) is 12. The predicted molar refractivity (Wildman–Crippen MR) is 182 cm³/mol. The zero-order valence-corrected chi connectivity index (χ0v) is 28.2. The van der Waals surface area contributed by atoms with E-state index in [2.05, 4.69) is 9.97 Å². The molecule has 3 aromatic carbocycles. The van der Waals surface area contributed by atoms with Gasteiger partial charge in [0.25, 0.3) is 5.56 Å². The van der Waals surface area contributed by atoms with Crippen LogP contribution in [0.3, 0.4) is 0 Å². The number of methoxy groups -OCH3 is 5. The normalized spacial score (nSPS) is 10.8. The molecule has 0 aliphatic rings. The van der Waals surface area contributed by atoms with Crippen molar-refractivity contribution in [1.29, 1.82) is 5.26 Å². The van der Waals surface area contributed by atoms with Crippen LogP contribution in [-0.4, -0.2) is 57.9 Å². The molecule has 0 fully saturated rings. The molecule has 0 aliphatic carbocycles. The second-order valence-corrected chi connectivity index (χ2v) is 11.5. The van der Waals surface area contributed by atoms with Crippen LogP contribution in [0.4, 0.5) is 0 Å². The third-order valence-electron chi connectivity index (χ3n) is 7.17. The number of H-pyrrole nitrogens is 1. The minimum atomic E-state index is -0.550. The van der Waals surface area contributed by atoms with Crippen LogP contribution in [0.1, 0.15) is 12.0 Å². The molecule has 12 nitrogen and oxygen atoms in total. The van der Waals surface area contributed by atoms with Gasteiger partial charge in [0, 0.05) is 34.0 Å². The van der Waals surface area contributed by atoms with Gasteiger partial charge in [-0.15, -0.1) is 0 Å². The van der Waals surface area contributed by atoms with E-state index in [0.29, 0.717) is 56.5 Å². The Balaban J connectivity index is 1.46.